The topological polar surface area (TPSA) is 41.6 Å². The van der Waals surface area contributed by atoms with Gasteiger partial charge in [0, 0.05) is 15.8 Å². The van der Waals surface area contributed by atoms with Crippen molar-refractivity contribution in [2.75, 3.05) is 10.2 Å². The molecular formula is C27H21BrN2O2. The Balaban J connectivity index is 1.44. The second-order valence-electron chi connectivity index (χ2n) is 7.59. The number of carbonyl (C=O) groups is 1. The number of fused-ring (bicyclic) bond motifs is 1. The number of halogens is 1. The fourth-order valence-electron chi connectivity index (χ4n) is 3.84. The fraction of sp³-hybridized carbons (Fsp3) is 0.0741. The summed E-state index contributed by atoms with van der Waals surface area (Å²) in [6.07, 6.45) is -0.332. The minimum absolute atomic E-state index is 0.0314. The van der Waals surface area contributed by atoms with E-state index in [1.54, 1.807) is 4.90 Å². The summed E-state index contributed by atoms with van der Waals surface area (Å²) in [4.78, 5) is 15.3. The molecule has 0 fully saturated rings. The Kier molecular flexibility index (Phi) is 5.65. The van der Waals surface area contributed by atoms with E-state index in [0.717, 1.165) is 32.7 Å². The maximum Gasteiger partial charge on any atom is 0.262 e. The Morgan fingerprint density at radius 1 is 0.812 bits per heavy atom. The summed E-state index contributed by atoms with van der Waals surface area (Å²) in [5, 5.41) is 3.54. The molecule has 1 heterocycles. The van der Waals surface area contributed by atoms with Gasteiger partial charge in [-0.1, -0.05) is 70.5 Å². The van der Waals surface area contributed by atoms with Crippen LogP contribution in [0.15, 0.2) is 108 Å². The molecule has 4 aromatic carbocycles. The van der Waals surface area contributed by atoms with Crippen molar-refractivity contribution >= 4 is 33.2 Å². The molecule has 1 amide bonds. The van der Waals surface area contributed by atoms with Gasteiger partial charge in [-0.15, -0.1) is 0 Å². The number of ether oxygens (including phenoxy) is 1. The number of nitrogens with one attached hydrogen (secondary N) is 1. The van der Waals surface area contributed by atoms with Crippen molar-refractivity contribution in [1.29, 1.82) is 0 Å². The number of hydrogen-bond donors (Lipinski definition) is 1. The number of benzene rings is 4. The number of nitrogens with zero attached hydrogens (tertiary/aromatic N) is 1. The number of hydrogen-bond acceptors (Lipinski definition) is 3. The molecule has 0 bridgehead atoms. The number of rotatable bonds is 5. The van der Waals surface area contributed by atoms with Crippen LogP contribution in [-0.2, 0) is 6.61 Å². The lowest BCUT2D eigenvalue weighted by molar-refractivity contribution is 0.0975. The minimum Gasteiger partial charge on any atom is -0.489 e. The molecule has 0 saturated carbocycles. The van der Waals surface area contributed by atoms with Crippen molar-refractivity contribution in [3.8, 4) is 5.75 Å². The van der Waals surface area contributed by atoms with E-state index in [1.807, 2.05) is 103 Å². The summed E-state index contributed by atoms with van der Waals surface area (Å²) in [6.45, 7) is 0.513. The van der Waals surface area contributed by atoms with Gasteiger partial charge in [-0.2, -0.15) is 0 Å². The van der Waals surface area contributed by atoms with Crippen molar-refractivity contribution < 1.29 is 9.53 Å². The number of carbonyl (C=O) groups excluding carboxylic acids is 1. The molecule has 0 spiro atoms. The predicted octanol–water partition coefficient (Wildman–Crippen LogP) is 6.80. The average molecular weight is 485 g/mol. The van der Waals surface area contributed by atoms with Crippen molar-refractivity contribution in [1.82, 2.24) is 0 Å². The van der Waals surface area contributed by atoms with Crippen LogP contribution in [0.1, 0.15) is 27.7 Å². The molecule has 32 heavy (non-hydrogen) atoms. The third kappa shape index (κ3) is 4.12. The van der Waals surface area contributed by atoms with Gasteiger partial charge in [0.1, 0.15) is 18.5 Å². The Bertz CT molecular complexity index is 1220. The summed E-state index contributed by atoms with van der Waals surface area (Å²) < 4.78 is 6.90. The molecule has 0 unspecified atom stereocenters. The second kappa shape index (κ2) is 8.89. The molecule has 0 radical (unpaired) electrons. The van der Waals surface area contributed by atoms with Gasteiger partial charge in [-0.25, -0.2) is 0 Å². The van der Waals surface area contributed by atoms with E-state index in [0.29, 0.717) is 12.2 Å². The van der Waals surface area contributed by atoms with E-state index >= 15 is 0 Å². The third-order valence-corrected chi connectivity index (χ3v) is 6.00. The molecule has 1 aliphatic heterocycles. The van der Waals surface area contributed by atoms with Crippen molar-refractivity contribution in [2.45, 2.75) is 12.8 Å². The van der Waals surface area contributed by atoms with Gasteiger partial charge in [0.25, 0.3) is 5.91 Å². The van der Waals surface area contributed by atoms with E-state index in [2.05, 4.69) is 21.2 Å². The molecule has 5 rings (SSSR count). The Morgan fingerprint density at radius 2 is 1.50 bits per heavy atom. The molecule has 1 aliphatic rings. The normalized spacial score (nSPS) is 15.1. The third-order valence-electron chi connectivity index (χ3n) is 5.48. The molecule has 0 aliphatic carbocycles. The Labute approximate surface area is 195 Å². The zero-order valence-corrected chi connectivity index (χ0v) is 18.8. The lowest BCUT2D eigenvalue weighted by Crippen LogP contribution is -2.43. The van der Waals surface area contributed by atoms with E-state index in [4.69, 9.17) is 4.74 Å². The van der Waals surface area contributed by atoms with Crippen LogP contribution < -0.4 is 15.0 Å². The SMILES string of the molecule is O=C1c2ccccc2N[C@H](c2ccc(OCc3ccccc3)cc2)N1c1ccc(Br)cc1. The molecule has 0 aromatic heterocycles. The first kappa shape index (κ1) is 20.3. The van der Waals surface area contributed by atoms with Crippen LogP contribution in [-0.4, -0.2) is 5.91 Å². The maximum absolute atomic E-state index is 13.5. The molecule has 5 heteroatoms. The van der Waals surface area contributed by atoms with Gasteiger partial charge < -0.3 is 10.1 Å². The molecule has 0 saturated heterocycles. The van der Waals surface area contributed by atoms with Crippen LogP contribution in [0.25, 0.3) is 0 Å². The molecular weight excluding hydrogens is 464 g/mol. The Morgan fingerprint density at radius 3 is 2.25 bits per heavy atom. The lowest BCUT2D eigenvalue weighted by atomic mass is 10.0. The zero-order valence-electron chi connectivity index (χ0n) is 17.2. The van der Waals surface area contributed by atoms with Crippen LogP contribution in [0.5, 0.6) is 5.75 Å². The summed E-state index contributed by atoms with van der Waals surface area (Å²) in [7, 11) is 0. The standard InChI is InChI=1S/C27H21BrN2O2/c28-21-12-14-22(15-13-21)30-26(29-25-9-5-4-8-24(25)27(30)31)20-10-16-23(17-11-20)32-18-19-6-2-1-3-7-19/h1-17,26,29H,18H2/t26-/m0/s1. The van der Waals surface area contributed by atoms with Gasteiger partial charge in [-0.05, 0) is 59.7 Å². The largest absolute Gasteiger partial charge is 0.489 e. The summed E-state index contributed by atoms with van der Waals surface area (Å²) >= 11 is 3.48. The summed E-state index contributed by atoms with van der Waals surface area (Å²) in [5.74, 6) is 0.756. The highest BCUT2D eigenvalue weighted by atomic mass is 79.9. The minimum atomic E-state index is -0.332. The van der Waals surface area contributed by atoms with Gasteiger partial charge >= 0.3 is 0 Å². The monoisotopic (exact) mass is 484 g/mol. The lowest BCUT2D eigenvalue weighted by Gasteiger charge is -2.38. The van der Waals surface area contributed by atoms with E-state index in [9.17, 15) is 4.79 Å². The second-order valence-corrected chi connectivity index (χ2v) is 8.50. The van der Waals surface area contributed by atoms with Gasteiger partial charge in [-0.3, -0.25) is 9.69 Å². The van der Waals surface area contributed by atoms with Crippen molar-refractivity contribution in [3.05, 3.63) is 124 Å². The van der Waals surface area contributed by atoms with Crippen LogP contribution in [0.4, 0.5) is 11.4 Å². The number of amides is 1. The summed E-state index contributed by atoms with van der Waals surface area (Å²) in [6, 6.07) is 33.4. The van der Waals surface area contributed by atoms with E-state index in [1.165, 1.54) is 0 Å². The van der Waals surface area contributed by atoms with E-state index in [-0.39, 0.29) is 12.1 Å². The highest BCUT2D eigenvalue weighted by molar-refractivity contribution is 9.10. The average Bonchev–Trinajstić information content (AvgIpc) is 2.84. The van der Waals surface area contributed by atoms with Gasteiger partial charge in [0.05, 0.1) is 5.56 Å². The molecule has 158 valence electrons. The quantitative estimate of drug-likeness (QED) is 0.338. The highest BCUT2D eigenvalue weighted by Crippen LogP contribution is 2.37. The zero-order chi connectivity index (χ0) is 21.9. The molecule has 1 N–H and O–H groups in total. The van der Waals surface area contributed by atoms with Crippen molar-refractivity contribution in [3.63, 3.8) is 0 Å². The Hall–Kier alpha value is -3.57. The highest BCUT2D eigenvalue weighted by Gasteiger charge is 2.33. The first-order valence-electron chi connectivity index (χ1n) is 10.4. The van der Waals surface area contributed by atoms with Gasteiger partial charge in [0.15, 0.2) is 0 Å². The van der Waals surface area contributed by atoms with Crippen LogP contribution in [0.2, 0.25) is 0 Å². The fourth-order valence-corrected chi connectivity index (χ4v) is 4.11. The predicted molar refractivity (Wildman–Crippen MR) is 131 cm³/mol. The first-order valence-corrected chi connectivity index (χ1v) is 11.2. The van der Waals surface area contributed by atoms with E-state index < -0.39 is 0 Å². The molecule has 4 aromatic rings. The number of para-hydroxylation sites is 1. The molecule has 4 nitrogen and oxygen atoms in total. The summed E-state index contributed by atoms with van der Waals surface area (Å²) in [5.41, 5.74) is 4.42. The van der Waals surface area contributed by atoms with Crippen LogP contribution in [0, 0.1) is 0 Å². The molecule has 1 atom stereocenters. The van der Waals surface area contributed by atoms with Gasteiger partial charge in [0.2, 0.25) is 0 Å². The first-order chi connectivity index (χ1) is 15.7. The smallest absolute Gasteiger partial charge is 0.262 e. The number of anilines is 2. The van der Waals surface area contributed by atoms with Crippen molar-refractivity contribution in [2.24, 2.45) is 0 Å². The van der Waals surface area contributed by atoms with Crippen LogP contribution >= 0.6 is 15.9 Å². The maximum atomic E-state index is 13.5. The van der Waals surface area contributed by atoms with Crippen LogP contribution in [0.3, 0.4) is 0 Å².